The fourth-order valence-corrected chi connectivity index (χ4v) is 4.14. The molecule has 2 heterocycles. The van der Waals surface area contributed by atoms with Crippen molar-refractivity contribution in [2.45, 2.75) is 32.2 Å². The first-order valence-electron chi connectivity index (χ1n) is 10.3. The van der Waals surface area contributed by atoms with E-state index in [2.05, 4.69) is 46.5 Å². The highest BCUT2D eigenvalue weighted by Gasteiger charge is 2.25. The van der Waals surface area contributed by atoms with Crippen LogP contribution in [0.15, 0.2) is 29.3 Å². The third-order valence-electron chi connectivity index (χ3n) is 5.53. The van der Waals surface area contributed by atoms with Gasteiger partial charge in [-0.3, -0.25) is 4.99 Å². The highest BCUT2D eigenvalue weighted by molar-refractivity contribution is 5.80. The van der Waals surface area contributed by atoms with Crippen LogP contribution in [0.25, 0.3) is 0 Å². The number of anilines is 1. The topological polar surface area (TPSA) is 52.1 Å². The lowest BCUT2D eigenvalue weighted by molar-refractivity contribution is 0.214. The van der Waals surface area contributed by atoms with Gasteiger partial charge in [0.05, 0.1) is 12.8 Å². The van der Waals surface area contributed by atoms with E-state index in [4.69, 9.17) is 9.73 Å². The minimum atomic E-state index is 0.404. The maximum absolute atomic E-state index is 5.52. The molecule has 2 saturated heterocycles. The van der Waals surface area contributed by atoms with Crippen LogP contribution in [0.2, 0.25) is 0 Å². The summed E-state index contributed by atoms with van der Waals surface area (Å²) < 4.78 is 5.52. The van der Waals surface area contributed by atoms with Gasteiger partial charge in [-0.25, -0.2) is 0 Å². The van der Waals surface area contributed by atoms with Crippen molar-refractivity contribution in [1.82, 2.24) is 15.5 Å². The van der Waals surface area contributed by atoms with E-state index in [1.54, 1.807) is 7.11 Å². The summed E-state index contributed by atoms with van der Waals surface area (Å²) >= 11 is 0. The van der Waals surface area contributed by atoms with E-state index in [0.717, 1.165) is 50.9 Å². The molecular formula is C21H35N5O. The zero-order chi connectivity index (χ0) is 19.1. The van der Waals surface area contributed by atoms with Crippen molar-refractivity contribution in [3.63, 3.8) is 0 Å². The van der Waals surface area contributed by atoms with Crippen LogP contribution in [0.5, 0.6) is 5.75 Å². The van der Waals surface area contributed by atoms with Crippen molar-refractivity contribution >= 4 is 11.6 Å². The van der Waals surface area contributed by atoms with E-state index in [1.165, 1.54) is 25.1 Å². The summed E-state index contributed by atoms with van der Waals surface area (Å²) in [5, 5.41) is 7.07. The lowest BCUT2D eigenvalue weighted by Crippen LogP contribution is -2.45. The average Bonchev–Trinajstić information content (AvgIpc) is 3.14. The number of ether oxygens (including phenoxy) is 1. The number of hydrogen-bond donors (Lipinski definition) is 2. The minimum absolute atomic E-state index is 0.404. The number of hydrogen-bond acceptors (Lipinski definition) is 4. The number of nitrogens with zero attached hydrogens (tertiary/aromatic N) is 3. The fraction of sp³-hybridized carbons (Fsp3) is 0.667. The maximum Gasteiger partial charge on any atom is 0.191 e. The zero-order valence-corrected chi connectivity index (χ0v) is 17.1. The summed E-state index contributed by atoms with van der Waals surface area (Å²) in [6.45, 7) is 8.30. The Morgan fingerprint density at radius 1 is 1.22 bits per heavy atom. The molecule has 2 atom stereocenters. The molecule has 1 aromatic carbocycles. The lowest BCUT2D eigenvalue weighted by atomic mass is 9.99. The van der Waals surface area contributed by atoms with Gasteiger partial charge in [0.15, 0.2) is 5.96 Å². The van der Waals surface area contributed by atoms with Crippen LogP contribution in [0.1, 0.15) is 26.2 Å². The number of aliphatic imine (C=N–C) groups is 1. The number of para-hydroxylation sites is 2. The van der Waals surface area contributed by atoms with E-state index in [-0.39, 0.29) is 0 Å². The van der Waals surface area contributed by atoms with Crippen LogP contribution < -0.4 is 20.3 Å². The molecular weight excluding hydrogens is 338 g/mol. The molecule has 0 aromatic heterocycles. The largest absolute Gasteiger partial charge is 0.495 e. The molecule has 0 spiro atoms. The fourth-order valence-electron chi connectivity index (χ4n) is 4.14. The van der Waals surface area contributed by atoms with Crippen molar-refractivity contribution in [3.05, 3.63) is 24.3 Å². The van der Waals surface area contributed by atoms with Crippen LogP contribution in [-0.2, 0) is 0 Å². The molecule has 2 aliphatic heterocycles. The first-order chi connectivity index (χ1) is 13.2. The molecule has 0 saturated carbocycles. The number of rotatable bonds is 6. The summed E-state index contributed by atoms with van der Waals surface area (Å²) in [6.07, 6.45) is 3.68. The van der Waals surface area contributed by atoms with Crippen LogP contribution >= 0.6 is 0 Å². The quantitative estimate of drug-likeness (QED) is 0.591. The Hall–Kier alpha value is -1.95. The summed E-state index contributed by atoms with van der Waals surface area (Å²) in [7, 11) is 3.95. The Kier molecular flexibility index (Phi) is 7.21. The van der Waals surface area contributed by atoms with Crippen LogP contribution in [0.3, 0.4) is 0 Å². The maximum atomic E-state index is 5.52. The van der Waals surface area contributed by atoms with Gasteiger partial charge < -0.3 is 25.2 Å². The third-order valence-corrected chi connectivity index (χ3v) is 5.53. The number of guanidine groups is 1. The molecule has 2 unspecified atom stereocenters. The Labute approximate surface area is 164 Å². The van der Waals surface area contributed by atoms with E-state index in [0.29, 0.717) is 12.0 Å². The van der Waals surface area contributed by atoms with Crippen molar-refractivity contribution < 1.29 is 4.74 Å². The number of nitrogens with one attached hydrogen (secondary N) is 2. The van der Waals surface area contributed by atoms with Gasteiger partial charge in [-0.05, 0) is 57.8 Å². The van der Waals surface area contributed by atoms with E-state index < -0.39 is 0 Å². The summed E-state index contributed by atoms with van der Waals surface area (Å²) in [6, 6.07) is 8.67. The minimum Gasteiger partial charge on any atom is -0.495 e. The lowest BCUT2D eigenvalue weighted by Gasteiger charge is -2.29. The summed E-state index contributed by atoms with van der Waals surface area (Å²) in [5.41, 5.74) is 1.18. The van der Waals surface area contributed by atoms with Gasteiger partial charge in [-0.15, -0.1) is 0 Å². The van der Waals surface area contributed by atoms with Gasteiger partial charge >= 0.3 is 0 Å². The second-order valence-corrected chi connectivity index (χ2v) is 7.74. The average molecular weight is 374 g/mol. The molecule has 2 aliphatic rings. The number of likely N-dealkylation sites (tertiary alicyclic amines) is 1. The SMILES string of the molecule is CCNC(=NCC1CCCN(C)C1)NC1CCN(c2ccccc2OC)C1. The zero-order valence-electron chi connectivity index (χ0n) is 17.1. The molecule has 27 heavy (non-hydrogen) atoms. The Balaban J connectivity index is 1.56. The molecule has 1 aromatic rings. The molecule has 150 valence electrons. The Morgan fingerprint density at radius 2 is 2.07 bits per heavy atom. The van der Waals surface area contributed by atoms with E-state index in [9.17, 15) is 0 Å². The molecule has 3 rings (SSSR count). The molecule has 0 radical (unpaired) electrons. The third kappa shape index (κ3) is 5.51. The number of methoxy groups -OCH3 is 1. The first kappa shape index (κ1) is 19.8. The summed E-state index contributed by atoms with van der Waals surface area (Å²) in [5.74, 6) is 2.57. The molecule has 0 aliphatic carbocycles. The highest BCUT2D eigenvalue weighted by Crippen LogP contribution is 2.30. The standard InChI is InChI=1S/C21H35N5O/c1-4-22-21(23-14-17-8-7-12-25(2)15-17)24-18-11-13-26(16-18)19-9-5-6-10-20(19)27-3/h5-6,9-10,17-18H,4,7-8,11-16H2,1-3H3,(H2,22,23,24). The molecule has 2 fully saturated rings. The van der Waals surface area contributed by atoms with Crippen LogP contribution in [0, 0.1) is 5.92 Å². The molecule has 0 bridgehead atoms. The van der Waals surface area contributed by atoms with Crippen LogP contribution in [0.4, 0.5) is 5.69 Å². The molecule has 6 nitrogen and oxygen atoms in total. The first-order valence-corrected chi connectivity index (χ1v) is 10.3. The van der Waals surface area contributed by atoms with E-state index in [1.807, 2.05) is 12.1 Å². The smallest absolute Gasteiger partial charge is 0.191 e. The number of benzene rings is 1. The predicted molar refractivity (Wildman–Crippen MR) is 113 cm³/mol. The predicted octanol–water partition coefficient (Wildman–Crippen LogP) is 2.17. The second-order valence-electron chi connectivity index (χ2n) is 7.74. The molecule has 6 heteroatoms. The highest BCUT2D eigenvalue weighted by atomic mass is 16.5. The van der Waals surface area contributed by atoms with Gasteiger partial charge in [0.25, 0.3) is 0 Å². The summed E-state index contributed by atoms with van der Waals surface area (Å²) in [4.78, 5) is 9.71. The second kappa shape index (κ2) is 9.83. The van der Waals surface area contributed by atoms with E-state index >= 15 is 0 Å². The van der Waals surface area contributed by atoms with Gasteiger partial charge in [-0.2, -0.15) is 0 Å². The Morgan fingerprint density at radius 3 is 2.85 bits per heavy atom. The van der Waals surface area contributed by atoms with Gasteiger partial charge in [0.1, 0.15) is 5.75 Å². The molecule has 0 amide bonds. The van der Waals surface area contributed by atoms with Crippen molar-refractivity contribution in [2.75, 3.05) is 58.3 Å². The van der Waals surface area contributed by atoms with Crippen LogP contribution in [-0.4, -0.2) is 70.3 Å². The Bertz CT molecular complexity index is 620. The number of piperidine rings is 1. The van der Waals surface area contributed by atoms with Crippen molar-refractivity contribution in [2.24, 2.45) is 10.9 Å². The monoisotopic (exact) mass is 373 g/mol. The van der Waals surface area contributed by atoms with Crippen molar-refractivity contribution in [3.8, 4) is 5.75 Å². The van der Waals surface area contributed by atoms with Gasteiger partial charge in [0.2, 0.25) is 0 Å². The van der Waals surface area contributed by atoms with Gasteiger partial charge in [0, 0.05) is 38.8 Å². The van der Waals surface area contributed by atoms with Crippen molar-refractivity contribution in [1.29, 1.82) is 0 Å². The molecule has 2 N–H and O–H groups in total. The normalized spacial score (nSPS) is 24.1. The van der Waals surface area contributed by atoms with Gasteiger partial charge in [-0.1, -0.05) is 12.1 Å².